The van der Waals surface area contributed by atoms with Crippen molar-refractivity contribution < 1.29 is 9.66 Å². The Balaban J connectivity index is 2.05. The molecule has 0 fully saturated rings. The summed E-state index contributed by atoms with van der Waals surface area (Å²) in [6.45, 7) is 2.92. The number of ether oxygens (including phenoxy) is 1. The molecule has 24 heavy (non-hydrogen) atoms. The Morgan fingerprint density at radius 2 is 2.17 bits per heavy atom. The summed E-state index contributed by atoms with van der Waals surface area (Å²) < 4.78 is 5.04. The number of allylic oxidation sites excluding steroid dienone is 1. The third-order valence-corrected chi connectivity index (χ3v) is 3.93. The van der Waals surface area contributed by atoms with Crippen LogP contribution in [0.2, 0.25) is 0 Å². The second-order valence-electron chi connectivity index (χ2n) is 5.96. The van der Waals surface area contributed by atoms with Crippen LogP contribution >= 0.6 is 0 Å². The molecule has 132 valence electrons. The van der Waals surface area contributed by atoms with Gasteiger partial charge in [0.1, 0.15) is 6.33 Å². The molecule has 0 spiro atoms. The average molecular weight is 335 g/mol. The van der Waals surface area contributed by atoms with Gasteiger partial charge in [0.25, 0.3) is 0 Å². The number of rotatable bonds is 9. The Bertz CT molecular complexity index is 591. The first-order valence-electron chi connectivity index (χ1n) is 8.28. The first-order chi connectivity index (χ1) is 11.6. The van der Waals surface area contributed by atoms with Crippen LogP contribution in [0, 0.1) is 10.1 Å². The molecule has 2 N–H and O–H groups in total. The van der Waals surface area contributed by atoms with Gasteiger partial charge in [0.2, 0.25) is 11.6 Å². The van der Waals surface area contributed by atoms with Crippen LogP contribution in [0.5, 0.6) is 0 Å². The third kappa shape index (κ3) is 5.16. The van der Waals surface area contributed by atoms with Crippen LogP contribution < -0.4 is 10.6 Å². The summed E-state index contributed by atoms with van der Waals surface area (Å²) in [5.41, 5.74) is 1.29. The molecule has 0 saturated heterocycles. The molecule has 0 aliphatic heterocycles. The standard InChI is InChI=1S/C16H25N5O3/c1-12(10-24-2)20-16-14(21(22)23)15(18-11-19-16)17-9-8-13-6-4-3-5-7-13/h6,11-12H,3-5,7-10H2,1-2H3,(H2,17,18,19,20). The van der Waals surface area contributed by atoms with E-state index in [4.69, 9.17) is 4.74 Å². The fourth-order valence-electron chi connectivity index (χ4n) is 2.78. The van der Waals surface area contributed by atoms with E-state index in [0.29, 0.717) is 13.2 Å². The Labute approximate surface area is 141 Å². The maximum Gasteiger partial charge on any atom is 0.353 e. The van der Waals surface area contributed by atoms with Crippen molar-refractivity contribution in [2.24, 2.45) is 0 Å². The van der Waals surface area contributed by atoms with Gasteiger partial charge in [-0.05, 0) is 39.0 Å². The normalized spacial score (nSPS) is 15.5. The molecule has 0 amide bonds. The number of nitrogens with one attached hydrogen (secondary N) is 2. The fourth-order valence-corrected chi connectivity index (χ4v) is 2.78. The Morgan fingerprint density at radius 3 is 2.83 bits per heavy atom. The van der Waals surface area contributed by atoms with Crippen molar-refractivity contribution in [3.05, 3.63) is 28.1 Å². The van der Waals surface area contributed by atoms with Crippen LogP contribution in [0.25, 0.3) is 0 Å². The van der Waals surface area contributed by atoms with Gasteiger partial charge in [0.05, 0.1) is 11.5 Å². The zero-order valence-corrected chi connectivity index (χ0v) is 14.2. The fraction of sp³-hybridized carbons (Fsp3) is 0.625. The first-order valence-corrected chi connectivity index (χ1v) is 8.28. The van der Waals surface area contributed by atoms with E-state index < -0.39 is 4.92 Å². The van der Waals surface area contributed by atoms with E-state index in [1.54, 1.807) is 7.11 Å². The molecule has 1 aliphatic rings. The molecule has 1 atom stereocenters. The molecular weight excluding hydrogens is 310 g/mol. The van der Waals surface area contributed by atoms with Crippen LogP contribution in [0.1, 0.15) is 39.0 Å². The van der Waals surface area contributed by atoms with E-state index in [2.05, 4.69) is 26.7 Å². The van der Waals surface area contributed by atoms with Gasteiger partial charge in [0, 0.05) is 19.7 Å². The number of aromatic nitrogens is 2. The summed E-state index contributed by atoms with van der Waals surface area (Å²) in [6.07, 6.45) is 9.22. The van der Waals surface area contributed by atoms with E-state index in [1.807, 2.05) is 6.92 Å². The highest BCUT2D eigenvalue weighted by molar-refractivity contribution is 5.69. The van der Waals surface area contributed by atoms with Crippen LogP contribution in [0.4, 0.5) is 17.3 Å². The van der Waals surface area contributed by atoms with Crippen LogP contribution in [-0.4, -0.2) is 41.2 Å². The summed E-state index contributed by atoms with van der Waals surface area (Å²) >= 11 is 0. The van der Waals surface area contributed by atoms with Crippen molar-refractivity contribution in [3.63, 3.8) is 0 Å². The van der Waals surface area contributed by atoms with Gasteiger partial charge in [-0.3, -0.25) is 10.1 Å². The summed E-state index contributed by atoms with van der Waals surface area (Å²) in [5, 5.41) is 17.5. The largest absolute Gasteiger partial charge is 0.383 e. The Morgan fingerprint density at radius 1 is 1.38 bits per heavy atom. The van der Waals surface area contributed by atoms with E-state index in [1.165, 1.54) is 24.7 Å². The number of hydrogen-bond donors (Lipinski definition) is 2. The van der Waals surface area contributed by atoms with Crippen LogP contribution in [0.15, 0.2) is 18.0 Å². The lowest BCUT2D eigenvalue weighted by molar-refractivity contribution is -0.383. The predicted octanol–water partition coefficient (Wildman–Crippen LogP) is 3.13. The molecular formula is C16H25N5O3. The van der Waals surface area contributed by atoms with Gasteiger partial charge < -0.3 is 15.4 Å². The summed E-state index contributed by atoms with van der Waals surface area (Å²) in [5.74, 6) is 0.456. The number of nitro groups is 1. The van der Waals surface area contributed by atoms with Gasteiger partial charge in [-0.25, -0.2) is 9.97 Å². The highest BCUT2D eigenvalue weighted by atomic mass is 16.6. The van der Waals surface area contributed by atoms with Crippen LogP contribution in [0.3, 0.4) is 0 Å². The SMILES string of the molecule is COCC(C)Nc1ncnc(NCCC2=CCCCC2)c1[N+](=O)[O-]. The first kappa shape index (κ1) is 18.1. The predicted molar refractivity (Wildman–Crippen MR) is 93.3 cm³/mol. The van der Waals surface area contributed by atoms with Crippen molar-refractivity contribution in [1.29, 1.82) is 0 Å². The molecule has 0 saturated carbocycles. The van der Waals surface area contributed by atoms with Gasteiger partial charge in [-0.15, -0.1) is 0 Å². The van der Waals surface area contributed by atoms with E-state index in [-0.39, 0.29) is 23.4 Å². The van der Waals surface area contributed by atoms with E-state index in [9.17, 15) is 10.1 Å². The van der Waals surface area contributed by atoms with Gasteiger partial charge >= 0.3 is 5.69 Å². The molecule has 1 heterocycles. The summed E-state index contributed by atoms with van der Waals surface area (Å²) in [4.78, 5) is 19.0. The van der Waals surface area contributed by atoms with Crippen molar-refractivity contribution in [2.75, 3.05) is 30.9 Å². The molecule has 8 nitrogen and oxygen atoms in total. The summed E-state index contributed by atoms with van der Waals surface area (Å²) in [7, 11) is 1.58. The Kier molecular flexibility index (Phi) is 6.92. The minimum atomic E-state index is -0.454. The van der Waals surface area contributed by atoms with Crippen molar-refractivity contribution in [3.8, 4) is 0 Å². The molecule has 0 aromatic carbocycles. The third-order valence-electron chi connectivity index (χ3n) is 3.93. The minimum absolute atomic E-state index is 0.0937. The zero-order valence-electron chi connectivity index (χ0n) is 14.2. The molecule has 1 aromatic rings. The minimum Gasteiger partial charge on any atom is -0.383 e. The number of nitrogens with zero attached hydrogens (tertiary/aromatic N) is 3. The lowest BCUT2D eigenvalue weighted by atomic mass is 9.97. The number of hydrogen-bond acceptors (Lipinski definition) is 7. The number of anilines is 2. The second-order valence-corrected chi connectivity index (χ2v) is 5.96. The quantitative estimate of drug-likeness (QED) is 0.406. The summed E-state index contributed by atoms with van der Waals surface area (Å²) in [6, 6.07) is -0.0937. The van der Waals surface area contributed by atoms with E-state index in [0.717, 1.165) is 19.3 Å². The lowest BCUT2D eigenvalue weighted by Gasteiger charge is -2.15. The van der Waals surface area contributed by atoms with Gasteiger partial charge in [0.15, 0.2) is 0 Å². The lowest BCUT2D eigenvalue weighted by Crippen LogP contribution is -2.22. The maximum atomic E-state index is 11.4. The second kappa shape index (κ2) is 9.17. The highest BCUT2D eigenvalue weighted by Crippen LogP contribution is 2.29. The average Bonchev–Trinajstić information content (AvgIpc) is 2.56. The zero-order chi connectivity index (χ0) is 17.4. The molecule has 0 bridgehead atoms. The van der Waals surface area contributed by atoms with Gasteiger partial charge in [-0.2, -0.15) is 0 Å². The monoisotopic (exact) mass is 335 g/mol. The van der Waals surface area contributed by atoms with E-state index >= 15 is 0 Å². The van der Waals surface area contributed by atoms with Crippen LogP contribution in [-0.2, 0) is 4.74 Å². The number of methoxy groups -OCH3 is 1. The molecule has 2 rings (SSSR count). The smallest absolute Gasteiger partial charge is 0.353 e. The van der Waals surface area contributed by atoms with Crippen molar-refractivity contribution in [2.45, 2.75) is 45.1 Å². The molecule has 1 unspecified atom stereocenters. The van der Waals surface area contributed by atoms with Crippen molar-refractivity contribution >= 4 is 17.3 Å². The highest BCUT2D eigenvalue weighted by Gasteiger charge is 2.23. The molecule has 1 aliphatic carbocycles. The van der Waals surface area contributed by atoms with Gasteiger partial charge in [-0.1, -0.05) is 11.6 Å². The molecule has 0 radical (unpaired) electrons. The molecule has 1 aromatic heterocycles. The molecule has 8 heteroatoms. The topological polar surface area (TPSA) is 102 Å². The Hall–Kier alpha value is -2.22. The van der Waals surface area contributed by atoms with Crippen molar-refractivity contribution in [1.82, 2.24) is 9.97 Å². The maximum absolute atomic E-state index is 11.4.